The molecule has 15 heavy (non-hydrogen) atoms. The summed E-state index contributed by atoms with van der Waals surface area (Å²) in [5.74, 6) is 0.904. The van der Waals surface area contributed by atoms with Gasteiger partial charge in [-0.15, -0.1) is 0 Å². The fraction of sp³-hybridized carbons (Fsp3) is 0.727. The van der Waals surface area contributed by atoms with Gasteiger partial charge in [0.2, 0.25) is 0 Å². The SMILES string of the molecule is O=C1[C@@]23C=C(Br)C(CC2COC3)[C@@]12CO2. The highest BCUT2D eigenvalue weighted by Gasteiger charge is 2.72. The van der Waals surface area contributed by atoms with Crippen LogP contribution >= 0.6 is 15.9 Å². The Balaban J connectivity index is 1.95. The van der Waals surface area contributed by atoms with Crippen LogP contribution in [0.25, 0.3) is 0 Å². The molecule has 3 fully saturated rings. The van der Waals surface area contributed by atoms with E-state index < -0.39 is 5.60 Å². The largest absolute Gasteiger partial charge is 0.380 e. The first-order valence-electron chi connectivity index (χ1n) is 5.34. The second-order valence-electron chi connectivity index (χ2n) is 5.08. The van der Waals surface area contributed by atoms with Crippen LogP contribution in [0.1, 0.15) is 6.42 Å². The molecule has 2 bridgehead atoms. The average molecular weight is 271 g/mol. The Bertz CT molecular complexity index is 399. The normalized spacial score (nSPS) is 55.8. The van der Waals surface area contributed by atoms with E-state index in [9.17, 15) is 4.79 Å². The van der Waals surface area contributed by atoms with Crippen LogP contribution in [0.3, 0.4) is 0 Å². The smallest absolute Gasteiger partial charge is 0.180 e. The van der Waals surface area contributed by atoms with Crippen molar-refractivity contribution in [2.45, 2.75) is 12.0 Å². The van der Waals surface area contributed by atoms with E-state index in [1.165, 1.54) is 0 Å². The van der Waals surface area contributed by atoms with Crippen LogP contribution in [-0.4, -0.2) is 31.2 Å². The summed E-state index contributed by atoms with van der Waals surface area (Å²) in [4.78, 5) is 12.4. The molecule has 2 saturated heterocycles. The zero-order valence-corrected chi connectivity index (χ0v) is 9.75. The Labute approximate surface area is 95.9 Å². The Morgan fingerprint density at radius 3 is 3.00 bits per heavy atom. The van der Waals surface area contributed by atoms with Crippen LogP contribution in [0.15, 0.2) is 10.6 Å². The summed E-state index contributed by atoms with van der Waals surface area (Å²) in [5.41, 5.74) is -0.845. The third-order valence-corrected chi connectivity index (χ3v) is 5.24. The first-order chi connectivity index (χ1) is 7.19. The summed E-state index contributed by atoms with van der Waals surface area (Å²) in [5, 5.41) is 0. The Hall–Kier alpha value is -0.190. The van der Waals surface area contributed by atoms with Gasteiger partial charge in [-0.05, 0) is 10.9 Å². The van der Waals surface area contributed by atoms with Crippen LogP contribution in [0.4, 0.5) is 0 Å². The molecule has 0 amide bonds. The third kappa shape index (κ3) is 0.808. The first-order valence-corrected chi connectivity index (χ1v) is 6.13. The zero-order valence-electron chi connectivity index (χ0n) is 8.16. The molecule has 0 aromatic carbocycles. The lowest BCUT2D eigenvalue weighted by Crippen LogP contribution is -2.57. The van der Waals surface area contributed by atoms with E-state index in [1.807, 2.05) is 0 Å². The molecule has 2 aliphatic heterocycles. The topological polar surface area (TPSA) is 38.8 Å². The van der Waals surface area contributed by atoms with Crippen molar-refractivity contribution in [1.29, 1.82) is 0 Å². The van der Waals surface area contributed by atoms with Gasteiger partial charge in [-0.25, -0.2) is 0 Å². The maximum absolute atomic E-state index is 12.4. The van der Waals surface area contributed by atoms with Gasteiger partial charge >= 0.3 is 0 Å². The number of carbonyl (C=O) groups is 1. The molecule has 1 saturated carbocycles. The predicted octanol–water partition coefficient (Wildman–Crippen LogP) is 1.27. The van der Waals surface area contributed by atoms with Gasteiger partial charge in [-0.2, -0.15) is 0 Å². The van der Waals surface area contributed by atoms with E-state index in [4.69, 9.17) is 9.47 Å². The number of hydrogen-bond acceptors (Lipinski definition) is 3. The molecule has 0 aromatic heterocycles. The lowest BCUT2D eigenvalue weighted by molar-refractivity contribution is -0.140. The van der Waals surface area contributed by atoms with E-state index in [-0.39, 0.29) is 17.1 Å². The molecule has 0 radical (unpaired) electrons. The third-order valence-electron chi connectivity index (χ3n) is 4.46. The second kappa shape index (κ2) is 2.39. The zero-order chi connectivity index (χ0) is 10.3. The fourth-order valence-electron chi connectivity index (χ4n) is 3.51. The number of ketones is 1. The van der Waals surface area contributed by atoms with Crippen molar-refractivity contribution < 1.29 is 14.3 Å². The highest BCUT2D eigenvalue weighted by atomic mass is 79.9. The molecule has 2 spiro atoms. The molecule has 0 aromatic rings. The van der Waals surface area contributed by atoms with Crippen molar-refractivity contribution in [2.24, 2.45) is 17.3 Å². The number of rotatable bonds is 0. The number of Topliss-reactive ketones (excluding diaryl/α,β-unsaturated/α-hetero) is 1. The molecule has 5 rings (SSSR count). The Morgan fingerprint density at radius 2 is 2.27 bits per heavy atom. The maximum atomic E-state index is 12.4. The molecular weight excluding hydrogens is 260 g/mol. The Kier molecular flexibility index (Phi) is 1.42. The highest BCUT2D eigenvalue weighted by Crippen LogP contribution is 2.62. The van der Waals surface area contributed by atoms with Crippen molar-refractivity contribution in [3.8, 4) is 0 Å². The Morgan fingerprint density at radius 1 is 1.47 bits per heavy atom. The molecule has 2 heterocycles. The molecular formula is C11H11BrO3. The summed E-state index contributed by atoms with van der Waals surface area (Å²) in [6.45, 7) is 1.88. The number of epoxide rings is 1. The quantitative estimate of drug-likeness (QED) is 0.623. The summed E-state index contributed by atoms with van der Waals surface area (Å²) in [6, 6.07) is 0. The average Bonchev–Trinajstić information content (AvgIpc) is 2.88. The van der Waals surface area contributed by atoms with E-state index in [0.29, 0.717) is 19.1 Å². The summed E-state index contributed by atoms with van der Waals surface area (Å²) in [7, 11) is 0. The van der Waals surface area contributed by atoms with E-state index in [0.717, 1.165) is 17.5 Å². The van der Waals surface area contributed by atoms with E-state index in [2.05, 4.69) is 22.0 Å². The van der Waals surface area contributed by atoms with Gasteiger partial charge in [-0.3, -0.25) is 4.79 Å². The molecule has 0 N–H and O–H groups in total. The van der Waals surface area contributed by atoms with Crippen LogP contribution < -0.4 is 0 Å². The van der Waals surface area contributed by atoms with Crippen molar-refractivity contribution >= 4 is 21.7 Å². The van der Waals surface area contributed by atoms with E-state index >= 15 is 0 Å². The second-order valence-corrected chi connectivity index (χ2v) is 5.99. The van der Waals surface area contributed by atoms with Crippen molar-refractivity contribution in [2.75, 3.05) is 19.8 Å². The minimum atomic E-state index is -0.474. The molecule has 3 nitrogen and oxygen atoms in total. The van der Waals surface area contributed by atoms with Crippen LogP contribution in [-0.2, 0) is 14.3 Å². The van der Waals surface area contributed by atoms with Gasteiger partial charge in [0.1, 0.15) is 0 Å². The molecule has 80 valence electrons. The van der Waals surface area contributed by atoms with Crippen molar-refractivity contribution in [3.05, 3.63) is 10.6 Å². The lowest BCUT2D eigenvalue weighted by atomic mass is 9.55. The minimum Gasteiger partial charge on any atom is -0.380 e. The standard InChI is InChI=1S/C11H11BrO3/c12-8-2-10-4-14-3-6(10)1-7(8)11(5-15-11)9(10)13/h2,6-7H,1,3-5H2/t6?,7?,10-,11+/m1/s1. The van der Waals surface area contributed by atoms with Gasteiger partial charge in [0.15, 0.2) is 11.4 Å². The highest BCUT2D eigenvalue weighted by molar-refractivity contribution is 9.11. The molecule has 4 heteroatoms. The number of carbonyl (C=O) groups excluding carboxylic acids is 1. The minimum absolute atomic E-state index is 0.249. The number of halogens is 1. The maximum Gasteiger partial charge on any atom is 0.180 e. The van der Waals surface area contributed by atoms with Crippen LogP contribution in [0.5, 0.6) is 0 Å². The van der Waals surface area contributed by atoms with Crippen LogP contribution in [0, 0.1) is 17.3 Å². The summed E-state index contributed by atoms with van der Waals surface area (Å²) in [6.07, 6.45) is 3.12. The molecule has 4 atom stereocenters. The van der Waals surface area contributed by atoms with Gasteiger partial charge in [0.05, 0.1) is 25.2 Å². The monoisotopic (exact) mass is 270 g/mol. The molecule has 5 aliphatic rings. The summed E-state index contributed by atoms with van der Waals surface area (Å²) < 4.78 is 12.1. The number of ether oxygens (including phenoxy) is 2. The lowest BCUT2D eigenvalue weighted by Gasteiger charge is -2.46. The van der Waals surface area contributed by atoms with E-state index in [1.54, 1.807) is 0 Å². The molecule has 2 unspecified atom stereocenters. The number of hydrogen-bond donors (Lipinski definition) is 0. The summed E-state index contributed by atoms with van der Waals surface area (Å²) >= 11 is 3.59. The van der Waals surface area contributed by atoms with Crippen molar-refractivity contribution in [3.63, 3.8) is 0 Å². The predicted molar refractivity (Wildman–Crippen MR) is 55.5 cm³/mol. The first kappa shape index (κ1) is 8.90. The van der Waals surface area contributed by atoms with Gasteiger partial charge in [0, 0.05) is 11.8 Å². The van der Waals surface area contributed by atoms with Gasteiger partial charge in [0.25, 0.3) is 0 Å². The van der Waals surface area contributed by atoms with Gasteiger partial charge in [-0.1, -0.05) is 22.0 Å². The molecule has 3 aliphatic carbocycles. The van der Waals surface area contributed by atoms with Crippen molar-refractivity contribution in [1.82, 2.24) is 0 Å². The fourth-order valence-corrected chi connectivity index (χ4v) is 4.48. The van der Waals surface area contributed by atoms with Crippen LogP contribution in [0.2, 0.25) is 0 Å². The van der Waals surface area contributed by atoms with Gasteiger partial charge < -0.3 is 9.47 Å².